The first-order valence-electron chi connectivity index (χ1n) is 5.96. The molecule has 1 aliphatic rings. The van der Waals surface area contributed by atoms with Gasteiger partial charge in [0.25, 0.3) is 0 Å². The van der Waals surface area contributed by atoms with Crippen molar-refractivity contribution in [1.29, 1.82) is 0 Å². The van der Waals surface area contributed by atoms with E-state index in [4.69, 9.17) is 5.11 Å². The van der Waals surface area contributed by atoms with E-state index in [1.54, 1.807) is 6.92 Å². The Hall–Kier alpha value is -1.10. The Morgan fingerprint density at radius 2 is 2.18 bits per heavy atom. The molecule has 5 heteroatoms. The van der Waals surface area contributed by atoms with Gasteiger partial charge in [-0.2, -0.15) is 4.37 Å². The molecule has 1 heterocycles. The van der Waals surface area contributed by atoms with Crippen molar-refractivity contribution < 1.29 is 9.90 Å². The molecule has 1 aliphatic carbocycles. The molecule has 4 nitrogen and oxygen atoms in total. The number of carbonyl (C=O) groups is 1. The molecule has 1 aromatic heterocycles. The van der Waals surface area contributed by atoms with E-state index in [-0.39, 0.29) is 0 Å². The number of rotatable bonds is 3. The smallest absolute Gasteiger partial charge is 0.340 e. The third-order valence-corrected chi connectivity index (χ3v) is 4.73. The standard InChI is InChI=1S/C12H18N2O2S/c1-6-4-5-9(7(6)2)13-11-10(12(15)16)8(3)14-17-11/h6-7,9,13H,4-5H2,1-3H3,(H,15,16). The van der Waals surface area contributed by atoms with Crippen LogP contribution in [0.3, 0.4) is 0 Å². The molecule has 1 aromatic rings. The van der Waals surface area contributed by atoms with Crippen molar-refractivity contribution in [3.8, 4) is 0 Å². The third-order valence-electron chi connectivity index (χ3n) is 3.86. The van der Waals surface area contributed by atoms with E-state index in [1.165, 1.54) is 18.0 Å². The SMILES string of the molecule is Cc1nsc(NC2CCC(C)C2C)c1C(=O)O. The average molecular weight is 254 g/mol. The number of hydrogen-bond acceptors (Lipinski definition) is 4. The minimum absolute atomic E-state index is 0.335. The molecule has 2 N–H and O–H groups in total. The summed E-state index contributed by atoms with van der Waals surface area (Å²) in [5, 5.41) is 13.2. The lowest BCUT2D eigenvalue weighted by molar-refractivity contribution is 0.0697. The van der Waals surface area contributed by atoms with Gasteiger partial charge in [-0.3, -0.25) is 0 Å². The fraction of sp³-hybridized carbons (Fsp3) is 0.667. The number of nitrogens with one attached hydrogen (secondary N) is 1. The zero-order valence-corrected chi connectivity index (χ0v) is 11.2. The molecule has 0 aliphatic heterocycles. The lowest BCUT2D eigenvalue weighted by Gasteiger charge is -2.19. The summed E-state index contributed by atoms with van der Waals surface area (Å²) in [6.07, 6.45) is 2.32. The Kier molecular flexibility index (Phi) is 3.38. The second-order valence-electron chi connectivity index (χ2n) is 4.94. The quantitative estimate of drug-likeness (QED) is 0.870. The number of nitrogens with zero attached hydrogens (tertiary/aromatic N) is 1. The van der Waals surface area contributed by atoms with Crippen LogP contribution in [-0.4, -0.2) is 21.5 Å². The highest BCUT2D eigenvalue weighted by Gasteiger charge is 2.31. The Labute approximate surface area is 105 Å². The van der Waals surface area contributed by atoms with Crippen LogP contribution in [0, 0.1) is 18.8 Å². The van der Waals surface area contributed by atoms with E-state index in [0.717, 1.165) is 6.42 Å². The fourth-order valence-electron chi connectivity index (χ4n) is 2.46. The summed E-state index contributed by atoms with van der Waals surface area (Å²) in [4.78, 5) is 11.2. The Morgan fingerprint density at radius 3 is 2.71 bits per heavy atom. The Balaban J connectivity index is 2.17. The lowest BCUT2D eigenvalue weighted by atomic mass is 9.98. The van der Waals surface area contributed by atoms with Gasteiger partial charge in [0, 0.05) is 6.04 Å². The van der Waals surface area contributed by atoms with Crippen LogP contribution >= 0.6 is 11.5 Å². The van der Waals surface area contributed by atoms with Crippen LogP contribution in [0.2, 0.25) is 0 Å². The highest BCUT2D eigenvalue weighted by Crippen LogP contribution is 2.35. The first kappa shape index (κ1) is 12.4. The molecule has 0 amide bonds. The number of hydrogen-bond donors (Lipinski definition) is 2. The van der Waals surface area contributed by atoms with Crippen molar-refractivity contribution in [2.75, 3.05) is 5.32 Å². The van der Waals surface area contributed by atoms with Gasteiger partial charge in [0.05, 0.1) is 5.69 Å². The lowest BCUT2D eigenvalue weighted by Crippen LogP contribution is -2.24. The number of carboxylic acid groups (broad SMARTS) is 1. The topological polar surface area (TPSA) is 62.2 Å². The molecule has 1 saturated carbocycles. The predicted octanol–water partition coefficient (Wildman–Crippen LogP) is 3.00. The van der Waals surface area contributed by atoms with Gasteiger partial charge < -0.3 is 10.4 Å². The van der Waals surface area contributed by atoms with Crippen LogP contribution in [0.1, 0.15) is 42.7 Å². The van der Waals surface area contributed by atoms with Crippen molar-refractivity contribution >= 4 is 22.5 Å². The van der Waals surface area contributed by atoms with Crippen molar-refractivity contribution in [1.82, 2.24) is 4.37 Å². The highest BCUT2D eigenvalue weighted by atomic mass is 32.1. The molecule has 0 aromatic carbocycles. The van der Waals surface area contributed by atoms with E-state index in [9.17, 15) is 4.79 Å². The van der Waals surface area contributed by atoms with Crippen LogP contribution < -0.4 is 5.32 Å². The van der Waals surface area contributed by atoms with E-state index < -0.39 is 5.97 Å². The van der Waals surface area contributed by atoms with E-state index in [1.807, 2.05) is 0 Å². The first-order chi connectivity index (χ1) is 8.00. The van der Waals surface area contributed by atoms with Gasteiger partial charge in [-0.15, -0.1) is 0 Å². The number of aromatic carboxylic acids is 1. The molecule has 0 spiro atoms. The van der Waals surface area contributed by atoms with Crippen LogP contribution in [0.5, 0.6) is 0 Å². The van der Waals surface area contributed by atoms with Crippen molar-refractivity contribution in [2.24, 2.45) is 11.8 Å². The van der Waals surface area contributed by atoms with Crippen LogP contribution in [-0.2, 0) is 0 Å². The third kappa shape index (κ3) is 2.29. The molecule has 2 rings (SSSR count). The van der Waals surface area contributed by atoms with Gasteiger partial charge in [-0.05, 0) is 43.1 Å². The summed E-state index contributed by atoms with van der Waals surface area (Å²) in [6.45, 7) is 6.22. The molecule has 0 saturated heterocycles. The number of aromatic nitrogens is 1. The van der Waals surface area contributed by atoms with Gasteiger partial charge in [0.1, 0.15) is 10.6 Å². The summed E-state index contributed by atoms with van der Waals surface area (Å²) in [7, 11) is 0. The van der Waals surface area contributed by atoms with Gasteiger partial charge in [0.2, 0.25) is 0 Å². The monoisotopic (exact) mass is 254 g/mol. The zero-order valence-electron chi connectivity index (χ0n) is 10.4. The number of anilines is 1. The maximum atomic E-state index is 11.2. The largest absolute Gasteiger partial charge is 0.478 e. The number of aryl methyl sites for hydroxylation is 1. The minimum atomic E-state index is -0.891. The minimum Gasteiger partial charge on any atom is -0.478 e. The molecular weight excluding hydrogens is 236 g/mol. The highest BCUT2D eigenvalue weighted by molar-refractivity contribution is 7.10. The van der Waals surface area contributed by atoms with E-state index in [0.29, 0.717) is 34.1 Å². The van der Waals surface area contributed by atoms with E-state index in [2.05, 4.69) is 23.5 Å². The zero-order chi connectivity index (χ0) is 12.6. The molecule has 17 heavy (non-hydrogen) atoms. The van der Waals surface area contributed by atoms with Gasteiger partial charge in [-0.1, -0.05) is 13.8 Å². The maximum Gasteiger partial charge on any atom is 0.340 e. The molecule has 3 atom stereocenters. The van der Waals surface area contributed by atoms with Gasteiger partial charge >= 0.3 is 5.97 Å². The van der Waals surface area contributed by atoms with E-state index >= 15 is 0 Å². The molecule has 94 valence electrons. The van der Waals surface area contributed by atoms with Crippen molar-refractivity contribution in [3.63, 3.8) is 0 Å². The summed E-state index contributed by atoms with van der Waals surface area (Å²) < 4.78 is 4.12. The average Bonchev–Trinajstić information content (AvgIpc) is 2.77. The first-order valence-corrected chi connectivity index (χ1v) is 6.74. The summed E-state index contributed by atoms with van der Waals surface area (Å²) in [6, 6.07) is 0.378. The molecule has 0 bridgehead atoms. The second kappa shape index (κ2) is 4.64. The summed E-state index contributed by atoms with van der Waals surface area (Å²) >= 11 is 1.25. The molecule has 1 fully saturated rings. The van der Waals surface area contributed by atoms with Crippen LogP contribution in [0.15, 0.2) is 0 Å². The number of carboxylic acids is 1. The Bertz CT molecular complexity index is 430. The summed E-state index contributed by atoms with van der Waals surface area (Å²) in [5.74, 6) is 0.395. The van der Waals surface area contributed by atoms with Crippen LogP contribution in [0.25, 0.3) is 0 Å². The fourth-order valence-corrected chi connectivity index (χ4v) is 3.31. The summed E-state index contributed by atoms with van der Waals surface area (Å²) in [5.41, 5.74) is 0.936. The van der Waals surface area contributed by atoms with Gasteiger partial charge in [0.15, 0.2) is 0 Å². The maximum absolute atomic E-state index is 11.2. The van der Waals surface area contributed by atoms with Crippen molar-refractivity contribution in [3.05, 3.63) is 11.3 Å². The molecular formula is C12H18N2O2S. The normalized spacial score (nSPS) is 28.3. The van der Waals surface area contributed by atoms with Crippen molar-refractivity contribution in [2.45, 2.75) is 39.7 Å². The molecule has 3 unspecified atom stereocenters. The molecule has 0 radical (unpaired) electrons. The van der Waals surface area contributed by atoms with Crippen LogP contribution in [0.4, 0.5) is 5.00 Å². The second-order valence-corrected chi connectivity index (χ2v) is 5.72. The predicted molar refractivity (Wildman–Crippen MR) is 68.8 cm³/mol. The van der Waals surface area contributed by atoms with Gasteiger partial charge in [-0.25, -0.2) is 4.79 Å². The Morgan fingerprint density at radius 1 is 1.47 bits per heavy atom.